The van der Waals surface area contributed by atoms with Crippen molar-refractivity contribution >= 4 is 18.0 Å². The third-order valence-corrected chi connectivity index (χ3v) is 5.49. The number of ether oxygens (including phenoxy) is 2. The molecule has 0 N–H and O–H groups in total. The number of fused-ring (bicyclic) bond motifs is 7. The van der Waals surface area contributed by atoms with Crippen LogP contribution < -0.4 is 0 Å². The average molecular weight is 372 g/mol. The SMILES string of the molecule is CC(C)OC(=O)N1[C@@H]2C[C@@H]([C@H]3c4ccccc4C(=O)[C@H]32)N1C(=O)OC(C)C. The zero-order valence-electron chi connectivity index (χ0n) is 15.9. The van der Waals surface area contributed by atoms with Crippen LogP contribution in [0.1, 0.15) is 56.0 Å². The molecule has 7 heteroatoms. The standard InChI is InChI=1S/C20H24N2O5/c1-10(2)26-19(24)21-14-9-15(22(21)20(25)27-11(3)4)17-16(14)12-7-5-6-8-13(12)18(17)23/h5-8,10-11,14-17H,9H2,1-4H3/t14-,15+,16+,17-/m0/s1. The number of hydrazine groups is 1. The van der Waals surface area contributed by atoms with Crippen molar-refractivity contribution in [1.82, 2.24) is 10.0 Å². The fourth-order valence-corrected chi connectivity index (χ4v) is 4.73. The van der Waals surface area contributed by atoms with Crippen molar-refractivity contribution in [1.29, 1.82) is 0 Å². The minimum Gasteiger partial charge on any atom is -0.445 e. The minimum absolute atomic E-state index is 0.0438. The molecule has 1 aromatic carbocycles. The van der Waals surface area contributed by atoms with Crippen molar-refractivity contribution in [2.45, 2.75) is 64.3 Å². The van der Waals surface area contributed by atoms with Crippen molar-refractivity contribution in [3.8, 4) is 0 Å². The Balaban J connectivity index is 1.73. The molecular weight excluding hydrogens is 348 g/mol. The Morgan fingerprint density at radius 1 is 0.926 bits per heavy atom. The van der Waals surface area contributed by atoms with E-state index < -0.39 is 18.2 Å². The lowest BCUT2D eigenvalue weighted by atomic mass is 9.90. The molecule has 1 saturated carbocycles. The molecule has 4 rings (SSSR count). The molecule has 27 heavy (non-hydrogen) atoms. The first-order valence-corrected chi connectivity index (χ1v) is 9.44. The lowest BCUT2D eigenvalue weighted by Crippen LogP contribution is -2.58. The second-order valence-corrected chi connectivity index (χ2v) is 7.93. The van der Waals surface area contributed by atoms with Gasteiger partial charge < -0.3 is 9.47 Å². The predicted octanol–water partition coefficient (Wildman–Crippen LogP) is 3.35. The first kappa shape index (κ1) is 17.8. The Morgan fingerprint density at radius 3 is 2.00 bits per heavy atom. The molecule has 2 amide bonds. The van der Waals surface area contributed by atoms with Crippen LogP contribution in [0, 0.1) is 5.92 Å². The normalized spacial score (nSPS) is 28.0. The van der Waals surface area contributed by atoms with Crippen LogP contribution in [0.5, 0.6) is 0 Å². The zero-order valence-corrected chi connectivity index (χ0v) is 15.9. The molecular formula is C20H24N2O5. The number of Topliss-reactive ketones (excluding diaryl/α,β-unsaturated/α-hetero) is 1. The number of ketones is 1. The summed E-state index contributed by atoms with van der Waals surface area (Å²) >= 11 is 0. The van der Waals surface area contributed by atoms with Gasteiger partial charge in [-0.05, 0) is 39.7 Å². The van der Waals surface area contributed by atoms with E-state index in [0.29, 0.717) is 12.0 Å². The van der Waals surface area contributed by atoms with Gasteiger partial charge in [-0.3, -0.25) is 4.79 Å². The second kappa shape index (κ2) is 6.25. The predicted molar refractivity (Wildman–Crippen MR) is 96.1 cm³/mol. The molecule has 1 heterocycles. The largest absolute Gasteiger partial charge is 0.445 e. The average Bonchev–Trinajstić information content (AvgIpc) is 3.23. The zero-order chi connectivity index (χ0) is 19.5. The molecule has 1 aliphatic heterocycles. The summed E-state index contributed by atoms with van der Waals surface area (Å²) in [5.41, 5.74) is 1.65. The van der Waals surface area contributed by atoms with Crippen LogP contribution in [0.2, 0.25) is 0 Å². The summed E-state index contributed by atoms with van der Waals surface area (Å²) in [7, 11) is 0. The number of nitrogens with zero attached hydrogens (tertiary/aromatic N) is 2. The highest BCUT2D eigenvalue weighted by Gasteiger charge is 2.65. The molecule has 1 saturated heterocycles. The van der Waals surface area contributed by atoms with E-state index in [1.807, 2.05) is 24.3 Å². The second-order valence-electron chi connectivity index (χ2n) is 7.93. The molecule has 1 aromatic rings. The smallest absolute Gasteiger partial charge is 0.429 e. The van der Waals surface area contributed by atoms with Gasteiger partial charge in [-0.25, -0.2) is 19.6 Å². The van der Waals surface area contributed by atoms with E-state index in [9.17, 15) is 14.4 Å². The minimum atomic E-state index is -0.611. The number of hydrogen-bond acceptors (Lipinski definition) is 5. The van der Waals surface area contributed by atoms with Crippen LogP contribution in [-0.2, 0) is 9.47 Å². The van der Waals surface area contributed by atoms with E-state index in [-0.39, 0.29) is 35.9 Å². The van der Waals surface area contributed by atoms with Crippen LogP contribution in [0.15, 0.2) is 24.3 Å². The van der Waals surface area contributed by atoms with Gasteiger partial charge in [-0.2, -0.15) is 0 Å². The van der Waals surface area contributed by atoms with Gasteiger partial charge >= 0.3 is 12.2 Å². The molecule has 0 radical (unpaired) electrons. The molecule has 2 aliphatic carbocycles. The Morgan fingerprint density at radius 2 is 1.44 bits per heavy atom. The van der Waals surface area contributed by atoms with Crippen LogP contribution in [0.3, 0.4) is 0 Å². The summed E-state index contributed by atoms with van der Waals surface area (Å²) in [6.07, 6.45) is -1.27. The first-order chi connectivity index (χ1) is 12.8. The summed E-state index contributed by atoms with van der Waals surface area (Å²) in [5, 5.41) is 2.70. The van der Waals surface area contributed by atoms with E-state index >= 15 is 0 Å². The van der Waals surface area contributed by atoms with Gasteiger partial charge in [0, 0.05) is 11.5 Å². The molecule has 3 aliphatic rings. The maximum Gasteiger partial charge on any atom is 0.429 e. The van der Waals surface area contributed by atoms with Gasteiger partial charge in [0.1, 0.15) is 0 Å². The number of hydrogen-bond donors (Lipinski definition) is 0. The van der Waals surface area contributed by atoms with E-state index in [1.165, 1.54) is 10.0 Å². The van der Waals surface area contributed by atoms with E-state index in [0.717, 1.165) is 5.56 Å². The number of benzene rings is 1. The quantitative estimate of drug-likeness (QED) is 0.796. The third kappa shape index (κ3) is 2.59. The molecule has 0 unspecified atom stereocenters. The highest BCUT2D eigenvalue weighted by atomic mass is 16.6. The van der Waals surface area contributed by atoms with Crippen LogP contribution in [0.25, 0.3) is 0 Å². The third-order valence-electron chi connectivity index (χ3n) is 5.49. The van der Waals surface area contributed by atoms with E-state index in [1.54, 1.807) is 27.7 Å². The number of rotatable bonds is 2. The van der Waals surface area contributed by atoms with Crippen molar-refractivity contribution < 1.29 is 23.9 Å². The number of carbonyl (C=O) groups excluding carboxylic acids is 3. The monoisotopic (exact) mass is 372 g/mol. The molecule has 0 aromatic heterocycles. The maximum absolute atomic E-state index is 13.0. The summed E-state index contributed by atoms with van der Waals surface area (Å²) in [5.74, 6) is -0.404. The van der Waals surface area contributed by atoms with E-state index in [2.05, 4.69) is 0 Å². The van der Waals surface area contributed by atoms with Crippen LogP contribution >= 0.6 is 0 Å². The fraction of sp³-hybridized carbons (Fsp3) is 0.550. The lowest BCUT2D eigenvalue weighted by molar-refractivity contribution is -0.0653. The van der Waals surface area contributed by atoms with Crippen molar-refractivity contribution in [3.63, 3.8) is 0 Å². The van der Waals surface area contributed by atoms with Gasteiger partial charge in [0.25, 0.3) is 0 Å². The lowest BCUT2D eigenvalue weighted by Gasteiger charge is -2.41. The summed E-state index contributed by atoms with van der Waals surface area (Å²) in [6, 6.07) is 6.83. The Bertz CT molecular complexity index is 805. The highest BCUT2D eigenvalue weighted by Crippen LogP contribution is 2.56. The van der Waals surface area contributed by atoms with Crippen LogP contribution in [0.4, 0.5) is 9.59 Å². The van der Waals surface area contributed by atoms with Crippen molar-refractivity contribution in [2.75, 3.05) is 0 Å². The Labute approximate surface area is 158 Å². The maximum atomic E-state index is 13.0. The van der Waals surface area contributed by atoms with Crippen LogP contribution in [-0.4, -0.2) is 52.3 Å². The number of amides is 2. The fourth-order valence-electron chi connectivity index (χ4n) is 4.73. The van der Waals surface area contributed by atoms with Gasteiger partial charge in [0.05, 0.1) is 30.2 Å². The van der Waals surface area contributed by atoms with Crippen molar-refractivity contribution in [3.05, 3.63) is 35.4 Å². The molecule has 2 fully saturated rings. The highest BCUT2D eigenvalue weighted by molar-refractivity contribution is 6.04. The van der Waals surface area contributed by atoms with Gasteiger partial charge in [-0.1, -0.05) is 24.3 Å². The topological polar surface area (TPSA) is 76.2 Å². The van der Waals surface area contributed by atoms with Gasteiger partial charge in [0.2, 0.25) is 0 Å². The van der Waals surface area contributed by atoms with Crippen molar-refractivity contribution in [2.24, 2.45) is 5.92 Å². The van der Waals surface area contributed by atoms with Gasteiger partial charge in [-0.15, -0.1) is 0 Å². The molecule has 4 atom stereocenters. The number of carbonyl (C=O) groups is 3. The van der Waals surface area contributed by atoms with E-state index in [4.69, 9.17) is 9.47 Å². The molecule has 0 spiro atoms. The summed E-state index contributed by atoms with van der Waals surface area (Å²) in [4.78, 5) is 38.6. The Kier molecular flexibility index (Phi) is 4.13. The summed E-state index contributed by atoms with van der Waals surface area (Å²) in [6.45, 7) is 7.03. The first-order valence-electron chi connectivity index (χ1n) is 9.44. The molecule has 7 nitrogen and oxygen atoms in total. The molecule has 144 valence electrons. The molecule has 2 bridgehead atoms. The van der Waals surface area contributed by atoms with Gasteiger partial charge in [0.15, 0.2) is 5.78 Å². The Hall–Kier alpha value is -2.57. The summed E-state index contributed by atoms with van der Waals surface area (Å²) < 4.78 is 10.7.